The standard InChI is InChI=1S/C20H23NO5/c1-4-21(12-15-5-10-18-19(11-15)25-13-24-18)20(22)14(2)26-17-8-6-16(23-3)7-9-17/h5-11,14H,4,12-13H2,1-3H3/t14-/m1/s1. The van der Waals surface area contributed by atoms with Gasteiger partial charge in [-0.1, -0.05) is 6.07 Å². The lowest BCUT2D eigenvalue weighted by atomic mass is 10.1. The van der Waals surface area contributed by atoms with Gasteiger partial charge in [-0.25, -0.2) is 0 Å². The largest absolute Gasteiger partial charge is 0.497 e. The van der Waals surface area contributed by atoms with Crippen molar-refractivity contribution in [1.29, 1.82) is 0 Å². The summed E-state index contributed by atoms with van der Waals surface area (Å²) < 4.78 is 21.6. The molecule has 0 bridgehead atoms. The average Bonchev–Trinajstić information content (AvgIpc) is 3.14. The number of carbonyl (C=O) groups is 1. The molecule has 1 atom stereocenters. The Labute approximate surface area is 153 Å². The van der Waals surface area contributed by atoms with Crippen molar-refractivity contribution in [3.05, 3.63) is 48.0 Å². The molecule has 138 valence electrons. The molecule has 0 saturated heterocycles. The number of rotatable bonds is 7. The van der Waals surface area contributed by atoms with Crippen molar-refractivity contribution in [3.63, 3.8) is 0 Å². The molecular weight excluding hydrogens is 334 g/mol. The van der Waals surface area contributed by atoms with Crippen LogP contribution in [-0.2, 0) is 11.3 Å². The van der Waals surface area contributed by atoms with E-state index in [-0.39, 0.29) is 12.7 Å². The van der Waals surface area contributed by atoms with Crippen LogP contribution in [0.5, 0.6) is 23.0 Å². The van der Waals surface area contributed by atoms with E-state index in [1.807, 2.05) is 25.1 Å². The van der Waals surface area contributed by atoms with E-state index in [0.717, 1.165) is 17.1 Å². The third-order valence-electron chi connectivity index (χ3n) is 4.22. The highest BCUT2D eigenvalue weighted by Crippen LogP contribution is 2.32. The van der Waals surface area contributed by atoms with Gasteiger partial charge in [0.25, 0.3) is 5.91 Å². The molecule has 6 nitrogen and oxygen atoms in total. The monoisotopic (exact) mass is 357 g/mol. The smallest absolute Gasteiger partial charge is 0.263 e. The zero-order valence-electron chi connectivity index (χ0n) is 15.2. The predicted octanol–water partition coefficient (Wildman–Crippen LogP) is 3.24. The van der Waals surface area contributed by atoms with Crippen LogP contribution in [0.4, 0.5) is 0 Å². The summed E-state index contributed by atoms with van der Waals surface area (Å²) in [4.78, 5) is 14.5. The molecule has 0 unspecified atom stereocenters. The van der Waals surface area contributed by atoms with E-state index in [1.54, 1.807) is 43.2 Å². The zero-order valence-corrected chi connectivity index (χ0v) is 15.2. The summed E-state index contributed by atoms with van der Waals surface area (Å²) in [6.45, 7) is 5.02. The number of hydrogen-bond donors (Lipinski definition) is 0. The van der Waals surface area contributed by atoms with Crippen LogP contribution in [0.25, 0.3) is 0 Å². The van der Waals surface area contributed by atoms with Crippen molar-refractivity contribution in [1.82, 2.24) is 4.90 Å². The third-order valence-corrected chi connectivity index (χ3v) is 4.22. The fourth-order valence-corrected chi connectivity index (χ4v) is 2.77. The molecule has 2 aromatic rings. The molecule has 6 heteroatoms. The zero-order chi connectivity index (χ0) is 18.5. The number of nitrogens with zero attached hydrogens (tertiary/aromatic N) is 1. The van der Waals surface area contributed by atoms with Gasteiger partial charge in [0.2, 0.25) is 6.79 Å². The van der Waals surface area contributed by atoms with Gasteiger partial charge in [0.15, 0.2) is 17.6 Å². The average molecular weight is 357 g/mol. The second kappa shape index (κ2) is 7.99. The SMILES string of the molecule is CCN(Cc1ccc2c(c1)OCO2)C(=O)[C@@H](C)Oc1ccc(OC)cc1. The normalized spacial score (nSPS) is 13.2. The van der Waals surface area contributed by atoms with Gasteiger partial charge in [0, 0.05) is 13.1 Å². The molecule has 1 heterocycles. The number of fused-ring (bicyclic) bond motifs is 1. The summed E-state index contributed by atoms with van der Waals surface area (Å²) in [6.07, 6.45) is -0.586. The van der Waals surface area contributed by atoms with Crippen LogP contribution in [0, 0.1) is 0 Å². The summed E-state index contributed by atoms with van der Waals surface area (Å²) in [5.74, 6) is 2.76. The minimum atomic E-state index is -0.586. The van der Waals surface area contributed by atoms with Crippen LogP contribution in [0.15, 0.2) is 42.5 Å². The Morgan fingerprint density at radius 3 is 2.50 bits per heavy atom. The molecule has 3 rings (SSSR count). The van der Waals surface area contributed by atoms with Crippen molar-refractivity contribution in [2.24, 2.45) is 0 Å². The Hall–Kier alpha value is -2.89. The van der Waals surface area contributed by atoms with Gasteiger partial charge in [-0.3, -0.25) is 4.79 Å². The van der Waals surface area contributed by atoms with Crippen LogP contribution < -0.4 is 18.9 Å². The van der Waals surface area contributed by atoms with Crippen molar-refractivity contribution in [3.8, 4) is 23.0 Å². The Kier molecular flexibility index (Phi) is 5.51. The molecule has 2 aromatic carbocycles. The Morgan fingerprint density at radius 1 is 1.12 bits per heavy atom. The van der Waals surface area contributed by atoms with Crippen LogP contribution in [0.3, 0.4) is 0 Å². The molecule has 1 aliphatic rings. The maximum absolute atomic E-state index is 12.8. The van der Waals surface area contributed by atoms with Gasteiger partial charge < -0.3 is 23.8 Å². The number of hydrogen-bond acceptors (Lipinski definition) is 5. The molecule has 0 radical (unpaired) electrons. The number of ether oxygens (including phenoxy) is 4. The highest BCUT2D eigenvalue weighted by atomic mass is 16.7. The molecule has 26 heavy (non-hydrogen) atoms. The maximum atomic E-state index is 12.8. The molecule has 0 saturated carbocycles. The van der Waals surface area contributed by atoms with Crippen molar-refractivity contribution in [2.75, 3.05) is 20.4 Å². The lowest BCUT2D eigenvalue weighted by Crippen LogP contribution is -2.39. The Morgan fingerprint density at radius 2 is 1.81 bits per heavy atom. The van der Waals surface area contributed by atoms with Crippen LogP contribution in [0.1, 0.15) is 19.4 Å². The Bertz CT molecular complexity index is 759. The number of methoxy groups -OCH3 is 1. The maximum Gasteiger partial charge on any atom is 0.263 e. The Balaban J connectivity index is 1.63. The van der Waals surface area contributed by atoms with Gasteiger partial charge in [0.1, 0.15) is 11.5 Å². The minimum absolute atomic E-state index is 0.0685. The molecule has 1 aliphatic heterocycles. The van der Waals surface area contributed by atoms with Crippen molar-refractivity contribution < 1.29 is 23.7 Å². The van der Waals surface area contributed by atoms with Crippen LogP contribution in [0.2, 0.25) is 0 Å². The summed E-state index contributed by atoms with van der Waals surface area (Å²) in [6, 6.07) is 12.9. The molecule has 0 aromatic heterocycles. The molecule has 0 spiro atoms. The summed E-state index contributed by atoms with van der Waals surface area (Å²) >= 11 is 0. The number of likely N-dealkylation sites (N-methyl/N-ethyl adjacent to an activating group) is 1. The molecular formula is C20H23NO5. The van der Waals surface area contributed by atoms with E-state index in [2.05, 4.69) is 0 Å². The minimum Gasteiger partial charge on any atom is -0.497 e. The lowest BCUT2D eigenvalue weighted by molar-refractivity contribution is -0.138. The third kappa shape index (κ3) is 4.02. The van der Waals surface area contributed by atoms with Crippen molar-refractivity contribution in [2.45, 2.75) is 26.5 Å². The highest BCUT2D eigenvalue weighted by Gasteiger charge is 2.22. The summed E-state index contributed by atoms with van der Waals surface area (Å²) in [7, 11) is 1.61. The van der Waals surface area contributed by atoms with Gasteiger partial charge in [-0.15, -0.1) is 0 Å². The van der Waals surface area contributed by atoms with E-state index in [0.29, 0.717) is 24.6 Å². The van der Waals surface area contributed by atoms with Gasteiger partial charge in [0.05, 0.1) is 7.11 Å². The fraction of sp³-hybridized carbons (Fsp3) is 0.350. The van der Waals surface area contributed by atoms with Crippen LogP contribution in [-0.4, -0.2) is 37.4 Å². The van der Waals surface area contributed by atoms with E-state index in [9.17, 15) is 4.79 Å². The number of amides is 1. The summed E-state index contributed by atoms with van der Waals surface area (Å²) in [5, 5.41) is 0. The number of carbonyl (C=O) groups excluding carboxylic acids is 1. The molecule has 0 fully saturated rings. The second-order valence-corrected chi connectivity index (χ2v) is 5.98. The molecule has 0 aliphatic carbocycles. The van der Waals surface area contributed by atoms with E-state index < -0.39 is 6.10 Å². The predicted molar refractivity (Wildman–Crippen MR) is 96.7 cm³/mol. The first-order valence-electron chi connectivity index (χ1n) is 8.58. The van der Waals surface area contributed by atoms with Crippen LogP contribution >= 0.6 is 0 Å². The number of benzene rings is 2. The van der Waals surface area contributed by atoms with E-state index in [4.69, 9.17) is 18.9 Å². The quantitative estimate of drug-likeness (QED) is 0.761. The molecule has 0 N–H and O–H groups in total. The fourth-order valence-electron chi connectivity index (χ4n) is 2.77. The highest BCUT2D eigenvalue weighted by molar-refractivity contribution is 5.81. The van der Waals surface area contributed by atoms with Gasteiger partial charge >= 0.3 is 0 Å². The lowest BCUT2D eigenvalue weighted by Gasteiger charge is -2.25. The second-order valence-electron chi connectivity index (χ2n) is 5.98. The first kappa shape index (κ1) is 17.9. The first-order valence-corrected chi connectivity index (χ1v) is 8.58. The van der Waals surface area contributed by atoms with Gasteiger partial charge in [-0.2, -0.15) is 0 Å². The summed E-state index contributed by atoms with van der Waals surface area (Å²) in [5.41, 5.74) is 0.987. The first-order chi connectivity index (χ1) is 12.6. The topological polar surface area (TPSA) is 57.2 Å². The van der Waals surface area contributed by atoms with E-state index in [1.165, 1.54) is 0 Å². The van der Waals surface area contributed by atoms with E-state index >= 15 is 0 Å². The van der Waals surface area contributed by atoms with Gasteiger partial charge in [-0.05, 0) is 55.8 Å². The van der Waals surface area contributed by atoms with Crippen molar-refractivity contribution >= 4 is 5.91 Å². The molecule has 1 amide bonds.